The number of pyridine rings is 1. The Morgan fingerprint density at radius 2 is 2.00 bits per heavy atom. The largest absolute Gasteiger partial charge is 0.338 e. The highest BCUT2D eigenvalue weighted by atomic mass is 32.1. The summed E-state index contributed by atoms with van der Waals surface area (Å²) >= 11 is 1.51. The molecule has 0 N–H and O–H groups in total. The summed E-state index contributed by atoms with van der Waals surface area (Å²) in [6.07, 6.45) is 1.05. The van der Waals surface area contributed by atoms with Gasteiger partial charge in [-0.1, -0.05) is 12.1 Å². The van der Waals surface area contributed by atoms with E-state index in [2.05, 4.69) is 4.98 Å². The number of fused-ring (bicyclic) bond motifs is 5. The average molecular weight is 351 g/mol. The van der Waals surface area contributed by atoms with Gasteiger partial charge in [0, 0.05) is 37.3 Å². The Kier molecular flexibility index (Phi) is 3.28. The Morgan fingerprint density at radius 3 is 2.92 bits per heavy atom. The smallest absolute Gasteiger partial charge is 0.255 e. The molecule has 1 saturated heterocycles. The van der Waals surface area contributed by atoms with Gasteiger partial charge in [-0.15, -0.1) is 11.3 Å². The maximum Gasteiger partial charge on any atom is 0.255 e. The number of aromatic nitrogens is 2. The molecule has 25 heavy (non-hydrogen) atoms. The van der Waals surface area contributed by atoms with Crippen molar-refractivity contribution in [3.8, 4) is 0 Å². The van der Waals surface area contributed by atoms with Gasteiger partial charge in [0.05, 0.1) is 21.3 Å². The van der Waals surface area contributed by atoms with E-state index in [1.165, 1.54) is 11.3 Å². The van der Waals surface area contributed by atoms with Gasteiger partial charge in [-0.2, -0.15) is 0 Å². The molecule has 0 aliphatic carbocycles. The van der Waals surface area contributed by atoms with Gasteiger partial charge in [-0.3, -0.25) is 9.59 Å². The fraction of sp³-hybridized carbons (Fsp3) is 0.316. The molecule has 1 fully saturated rings. The standard InChI is InChI=1S/C19H17N3O2S/c23-17-6-2-5-16-13-7-12(9-22(16)17)8-21(10-13)19(24)14-3-1-4-15-18(14)25-11-20-15/h1-6,11-13H,7-10H2/t12-,13+/m0/s1. The number of nitrogens with zero attached hydrogens (tertiary/aromatic N) is 3. The number of amides is 1. The number of hydrogen-bond acceptors (Lipinski definition) is 4. The van der Waals surface area contributed by atoms with Crippen molar-refractivity contribution >= 4 is 27.5 Å². The van der Waals surface area contributed by atoms with Gasteiger partial charge in [0.25, 0.3) is 11.5 Å². The van der Waals surface area contributed by atoms with Gasteiger partial charge in [0.15, 0.2) is 0 Å². The quantitative estimate of drug-likeness (QED) is 0.677. The fourth-order valence-electron chi connectivity index (χ4n) is 4.29. The van der Waals surface area contributed by atoms with Gasteiger partial charge < -0.3 is 9.47 Å². The van der Waals surface area contributed by atoms with Crippen molar-refractivity contribution in [1.82, 2.24) is 14.5 Å². The van der Waals surface area contributed by atoms with E-state index in [-0.39, 0.29) is 17.4 Å². The third-order valence-electron chi connectivity index (χ3n) is 5.35. The van der Waals surface area contributed by atoms with Crippen LogP contribution in [0, 0.1) is 5.92 Å². The highest BCUT2D eigenvalue weighted by molar-refractivity contribution is 7.17. The van der Waals surface area contributed by atoms with E-state index in [1.807, 2.05) is 39.8 Å². The number of benzene rings is 1. The molecule has 1 aromatic carbocycles. The Balaban J connectivity index is 1.50. The monoisotopic (exact) mass is 351 g/mol. The second kappa shape index (κ2) is 5.52. The second-order valence-electron chi connectivity index (χ2n) is 6.91. The number of hydrogen-bond donors (Lipinski definition) is 0. The van der Waals surface area contributed by atoms with Gasteiger partial charge >= 0.3 is 0 Å². The molecule has 2 aliphatic heterocycles. The maximum atomic E-state index is 13.2. The molecule has 5 rings (SSSR count). The fourth-order valence-corrected chi connectivity index (χ4v) is 5.08. The number of rotatable bonds is 1. The number of carbonyl (C=O) groups is 1. The first-order valence-electron chi connectivity index (χ1n) is 8.52. The van der Waals surface area contributed by atoms with Crippen LogP contribution in [0.4, 0.5) is 0 Å². The Labute approximate surface area is 148 Å². The second-order valence-corrected chi connectivity index (χ2v) is 7.77. The van der Waals surface area contributed by atoms with Gasteiger partial charge in [0.1, 0.15) is 0 Å². The topological polar surface area (TPSA) is 55.2 Å². The van der Waals surface area contributed by atoms with Gasteiger partial charge in [-0.05, 0) is 30.5 Å². The predicted octanol–water partition coefficient (Wildman–Crippen LogP) is 2.72. The van der Waals surface area contributed by atoms with Crippen molar-refractivity contribution in [3.05, 3.63) is 63.5 Å². The van der Waals surface area contributed by atoms with Crippen molar-refractivity contribution < 1.29 is 4.79 Å². The molecule has 0 radical (unpaired) electrons. The van der Waals surface area contributed by atoms with Crippen LogP contribution in [0.3, 0.4) is 0 Å². The van der Waals surface area contributed by atoms with Crippen LogP contribution in [0.1, 0.15) is 28.4 Å². The van der Waals surface area contributed by atoms with Crippen molar-refractivity contribution in [2.45, 2.75) is 18.9 Å². The molecule has 2 aliphatic rings. The molecular weight excluding hydrogens is 334 g/mol. The predicted molar refractivity (Wildman–Crippen MR) is 97.1 cm³/mol. The third-order valence-corrected chi connectivity index (χ3v) is 6.23. The van der Waals surface area contributed by atoms with E-state index in [4.69, 9.17) is 0 Å². The van der Waals surface area contributed by atoms with E-state index in [1.54, 1.807) is 11.6 Å². The summed E-state index contributed by atoms with van der Waals surface area (Å²) in [7, 11) is 0. The van der Waals surface area contributed by atoms with Crippen LogP contribution in [-0.4, -0.2) is 33.4 Å². The van der Waals surface area contributed by atoms with Crippen molar-refractivity contribution in [1.29, 1.82) is 0 Å². The normalized spacial score (nSPS) is 22.0. The summed E-state index contributed by atoms with van der Waals surface area (Å²) in [6.45, 7) is 2.10. The molecule has 2 bridgehead atoms. The first-order valence-corrected chi connectivity index (χ1v) is 9.40. The molecule has 2 atom stereocenters. The number of piperidine rings is 1. The molecule has 3 aromatic rings. The lowest BCUT2D eigenvalue weighted by Gasteiger charge is -2.42. The number of thiazole rings is 1. The molecule has 0 spiro atoms. The zero-order chi connectivity index (χ0) is 17.0. The molecule has 0 saturated carbocycles. The molecule has 0 unspecified atom stereocenters. The minimum Gasteiger partial charge on any atom is -0.338 e. The van der Waals surface area contributed by atoms with Crippen LogP contribution < -0.4 is 5.56 Å². The van der Waals surface area contributed by atoms with Crippen LogP contribution in [-0.2, 0) is 6.54 Å². The maximum absolute atomic E-state index is 13.2. The highest BCUT2D eigenvalue weighted by Gasteiger charge is 2.36. The van der Waals surface area contributed by atoms with Crippen LogP contribution >= 0.6 is 11.3 Å². The molecule has 126 valence electrons. The molecule has 2 aromatic heterocycles. The van der Waals surface area contributed by atoms with Crippen molar-refractivity contribution in [2.75, 3.05) is 13.1 Å². The van der Waals surface area contributed by atoms with E-state index in [0.29, 0.717) is 25.6 Å². The molecule has 6 heteroatoms. The Hall–Kier alpha value is -2.47. The van der Waals surface area contributed by atoms with E-state index < -0.39 is 0 Å². The summed E-state index contributed by atoms with van der Waals surface area (Å²) in [5.41, 5.74) is 4.55. The van der Waals surface area contributed by atoms with Crippen LogP contribution in [0.25, 0.3) is 10.2 Å². The molecule has 4 heterocycles. The molecule has 1 amide bonds. The average Bonchev–Trinajstić information content (AvgIpc) is 3.11. The van der Waals surface area contributed by atoms with E-state index in [9.17, 15) is 9.59 Å². The number of carbonyl (C=O) groups excluding carboxylic acids is 1. The first kappa shape index (κ1) is 14.8. The SMILES string of the molecule is O=C(c1cccc2ncsc12)N1C[C@@H]2C[C@H](C1)c1cccc(=O)n1C2. The summed E-state index contributed by atoms with van der Waals surface area (Å²) in [4.78, 5) is 31.6. The van der Waals surface area contributed by atoms with Gasteiger partial charge in [-0.25, -0.2) is 4.98 Å². The van der Waals surface area contributed by atoms with Crippen LogP contribution in [0.15, 0.2) is 46.7 Å². The van der Waals surface area contributed by atoms with E-state index in [0.717, 1.165) is 27.9 Å². The van der Waals surface area contributed by atoms with Crippen molar-refractivity contribution in [2.24, 2.45) is 5.92 Å². The molecular formula is C19H17N3O2S. The van der Waals surface area contributed by atoms with Crippen molar-refractivity contribution in [3.63, 3.8) is 0 Å². The lowest BCUT2D eigenvalue weighted by molar-refractivity contribution is 0.0596. The highest BCUT2D eigenvalue weighted by Crippen LogP contribution is 2.36. The zero-order valence-corrected chi connectivity index (χ0v) is 14.4. The lowest BCUT2D eigenvalue weighted by Crippen LogP contribution is -2.49. The Morgan fingerprint density at radius 1 is 1.12 bits per heavy atom. The molecule has 5 nitrogen and oxygen atoms in total. The van der Waals surface area contributed by atoms with Gasteiger partial charge in [0.2, 0.25) is 0 Å². The Bertz CT molecular complexity index is 1040. The number of likely N-dealkylation sites (tertiary alicyclic amines) is 1. The summed E-state index contributed by atoms with van der Waals surface area (Å²) < 4.78 is 2.85. The first-order chi connectivity index (χ1) is 12.2. The minimum atomic E-state index is 0.0707. The third kappa shape index (κ3) is 2.32. The van der Waals surface area contributed by atoms with E-state index >= 15 is 0 Å². The summed E-state index contributed by atoms with van der Waals surface area (Å²) in [5.74, 6) is 0.665. The lowest BCUT2D eigenvalue weighted by atomic mass is 9.83. The zero-order valence-electron chi connectivity index (χ0n) is 13.6. The summed E-state index contributed by atoms with van der Waals surface area (Å²) in [5, 5.41) is 0. The van der Waals surface area contributed by atoms with Crippen LogP contribution in [0.5, 0.6) is 0 Å². The minimum absolute atomic E-state index is 0.0707. The van der Waals surface area contributed by atoms with Crippen LogP contribution in [0.2, 0.25) is 0 Å². The summed E-state index contributed by atoms with van der Waals surface area (Å²) in [6, 6.07) is 11.2.